The van der Waals surface area contributed by atoms with Gasteiger partial charge in [0.05, 0.1) is 41.9 Å². The van der Waals surface area contributed by atoms with Gasteiger partial charge >= 0.3 is 0 Å². The lowest BCUT2D eigenvalue weighted by atomic mass is 9.95. The van der Waals surface area contributed by atoms with Gasteiger partial charge in [0.25, 0.3) is 0 Å². The first-order chi connectivity index (χ1) is 16.6. The van der Waals surface area contributed by atoms with Gasteiger partial charge in [0, 0.05) is 28.0 Å². The van der Waals surface area contributed by atoms with E-state index in [1.54, 1.807) is 6.26 Å². The van der Waals surface area contributed by atoms with Gasteiger partial charge in [-0.2, -0.15) is 5.26 Å². The van der Waals surface area contributed by atoms with Gasteiger partial charge in [0.1, 0.15) is 0 Å². The molecule has 34 heavy (non-hydrogen) atoms. The predicted molar refractivity (Wildman–Crippen MR) is 136 cm³/mol. The van der Waals surface area contributed by atoms with Crippen molar-refractivity contribution >= 4 is 27.6 Å². The highest BCUT2D eigenvalue weighted by atomic mass is 32.2. The summed E-state index contributed by atoms with van der Waals surface area (Å²) in [5.74, 6) is 0.105. The van der Waals surface area contributed by atoms with Crippen LogP contribution in [0.25, 0.3) is 22.2 Å². The molecule has 0 saturated heterocycles. The van der Waals surface area contributed by atoms with Crippen LogP contribution in [-0.2, 0) is 27.8 Å². The zero-order chi connectivity index (χ0) is 23.9. The van der Waals surface area contributed by atoms with Crippen LogP contribution >= 0.6 is 0 Å². The number of nitrogens with zero attached hydrogens (tertiary/aromatic N) is 2. The molecule has 5 nitrogen and oxygen atoms in total. The fourth-order valence-corrected chi connectivity index (χ4v) is 4.87. The molecule has 4 aromatic rings. The number of nitriles is 1. The molecule has 2 unspecified atom stereocenters. The Balaban J connectivity index is 1.78. The minimum atomic E-state index is -1.13. The highest BCUT2D eigenvalue weighted by Gasteiger charge is 2.21. The lowest BCUT2D eigenvalue weighted by Crippen LogP contribution is -2.30. The molecule has 170 valence electrons. The Bertz CT molecular complexity index is 1370. The Morgan fingerprint density at radius 3 is 2.29 bits per heavy atom. The molecule has 3 aromatic carbocycles. The monoisotopic (exact) mass is 467 g/mol. The predicted octanol–water partition coefficient (Wildman–Crippen LogP) is 5.09. The Kier molecular flexibility index (Phi) is 7.46. The van der Waals surface area contributed by atoms with Crippen molar-refractivity contribution in [2.45, 2.75) is 24.6 Å². The fraction of sp³-hybridized carbons (Fsp3) is 0.179. The van der Waals surface area contributed by atoms with Gasteiger partial charge in [-0.1, -0.05) is 78.9 Å². The summed E-state index contributed by atoms with van der Waals surface area (Å²) in [4.78, 5) is 18.2. The summed E-state index contributed by atoms with van der Waals surface area (Å²) in [5, 5.41) is 13.2. The minimum Gasteiger partial charge on any atom is -0.348 e. The first-order valence-corrected chi connectivity index (χ1v) is 12.8. The second kappa shape index (κ2) is 10.9. The summed E-state index contributed by atoms with van der Waals surface area (Å²) >= 11 is 0. The number of carbonyl (C=O) groups is 1. The van der Waals surface area contributed by atoms with Gasteiger partial charge in [-0.3, -0.25) is 9.00 Å². The van der Waals surface area contributed by atoms with E-state index in [9.17, 15) is 14.3 Å². The molecular formula is C28H25N3O2S. The molecule has 1 amide bonds. The topological polar surface area (TPSA) is 82.8 Å². The third-order valence-electron chi connectivity index (χ3n) is 5.68. The molecule has 0 aliphatic heterocycles. The van der Waals surface area contributed by atoms with Gasteiger partial charge in [-0.05, 0) is 22.8 Å². The molecule has 0 radical (unpaired) electrons. The number of aromatic nitrogens is 1. The van der Waals surface area contributed by atoms with E-state index >= 15 is 0 Å². The SMILES string of the molecule is CS(=O)Cc1c(-c2ccccc2)nc2ccccc2c1CC(=O)NC(CC#N)c1ccccc1. The van der Waals surface area contributed by atoms with E-state index in [4.69, 9.17) is 4.98 Å². The molecule has 1 aromatic heterocycles. The van der Waals surface area contributed by atoms with Crippen LogP contribution in [0.1, 0.15) is 29.2 Å². The molecule has 0 saturated carbocycles. The van der Waals surface area contributed by atoms with Crippen LogP contribution in [0.15, 0.2) is 84.9 Å². The highest BCUT2D eigenvalue weighted by molar-refractivity contribution is 7.83. The standard InChI is InChI=1S/C28H25N3O2S/c1-34(33)19-24-23(18-27(32)30-25(16-17-29)20-10-4-2-5-11-20)22-14-8-9-15-26(22)31-28(24)21-12-6-3-7-13-21/h2-15,25H,16,18-19H2,1H3,(H,30,32). The lowest BCUT2D eigenvalue weighted by Gasteiger charge is -2.19. The van der Waals surface area contributed by atoms with E-state index in [0.29, 0.717) is 5.75 Å². The van der Waals surface area contributed by atoms with E-state index in [0.717, 1.165) is 38.9 Å². The summed E-state index contributed by atoms with van der Waals surface area (Å²) < 4.78 is 12.4. The number of amides is 1. The van der Waals surface area contributed by atoms with Crippen LogP contribution in [0, 0.1) is 11.3 Å². The summed E-state index contributed by atoms with van der Waals surface area (Å²) in [6.45, 7) is 0. The van der Waals surface area contributed by atoms with Gasteiger partial charge < -0.3 is 5.32 Å². The summed E-state index contributed by atoms with van der Waals surface area (Å²) in [6, 6.07) is 28.8. The average molecular weight is 468 g/mol. The molecular weight excluding hydrogens is 442 g/mol. The van der Waals surface area contributed by atoms with E-state index in [2.05, 4.69) is 11.4 Å². The smallest absolute Gasteiger partial charge is 0.224 e. The van der Waals surface area contributed by atoms with Crippen LogP contribution in [0.3, 0.4) is 0 Å². The Morgan fingerprint density at radius 2 is 1.62 bits per heavy atom. The molecule has 0 bridgehead atoms. The van der Waals surface area contributed by atoms with Crippen molar-refractivity contribution in [1.29, 1.82) is 5.26 Å². The van der Waals surface area contributed by atoms with Crippen LogP contribution < -0.4 is 5.32 Å². The van der Waals surface area contributed by atoms with E-state index in [1.807, 2.05) is 84.9 Å². The zero-order valence-corrected chi connectivity index (χ0v) is 19.7. The van der Waals surface area contributed by atoms with Gasteiger partial charge in [-0.25, -0.2) is 4.98 Å². The number of hydrogen-bond acceptors (Lipinski definition) is 4. The third-order valence-corrected chi connectivity index (χ3v) is 6.37. The number of rotatable bonds is 8. The van der Waals surface area contributed by atoms with Gasteiger partial charge in [-0.15, -0.1) is 0 Å². The molecule has 0 aliphatic rings. The number of hydrogen-bond donors (Lipinski definition) is 1. The van der Waals surface area contributed by atoms with Crippen molar-refractivity contribution in [2.75, 3.05) is 6.26 Å². The van der Waals surface area contributed by atoms with Crippen LogP contribution in [0.5, 0.6) is 0 Å². The van der Waals surface area contributed by atoms with Crippen molar-refractivity contribution in [3.63, 3.8) is 0 Å². The molecule has 0 fully saturated rings. The normalized spacial score (nSPS) is 12.6. The fourth-order valence-electron chi connectivity index (χ4n) is 4.15. The summed E-state index contributed by atoms with van der Waals surface area (Å²) in [7, 11) is -1.13. The lowest BCUT2D eigenvalue weighted by molar-refractivity contribution is -0.121. The number of fused-ring (bicyclic) bond motifs is 1. The zero-order valence-electron chi connectivity index (χ0n) is 18.9. The van der Waals surface area contributed by atoms with Gasteiger partial charge in [0.2, 0.25) is 5.91 Å². The number of pyridine rings is 1. The van der Waals surface area contributed by atoms with E-state index in [-0.39, 0.29) is 18.7 Å². The molecule has 1 heterocycles. The highest BCUT2D eigenvalue weighted by Crippen LogP contribution is 2.32. The maximum atomic E-state index is 13.3. The first kappa shape index (κ1) is 23.3. The number of carbonyl (C=O) groups excluding carboxylic acids is 1. The molecule has 1 N–H and O–H groups in total. The quantitative estimate of drug-likeness (QED) is 0.391. The van der Waals surface area contributed by atoms with E-state index < -0.39 is 16.8 Å². The average Bonchev–Trinajstić information content (AvgIpc) is 2.86. The van der Waals surface area contributed by atoms with Crippen molar-refractivity contribution in [3.8, 4) is 17.3 Å². The van der Waals surface area contributed by atoms with E-state index in [1.165, 1.54) is 0 Å². The largest absolute Gasteiger partial charge is 0.348 e. The Hall–Kier alpha value is -3.82. The van der Waals surface area contributed by atoms with Crippen LogP contribution in [-0.4, -0.2) is 21.4 Å². The van der Waals surface area contributed by atoms with Crippen molar-refractivity contribution in [3.05, 3.63) is 102 Å². The number of nitrogens with one attached hydrogen (secondary N) is 1. The molecule has 4 rings (SSSR count). The summed E-state index contributed by atoms with van der Waals surface area (Å²) in [5.41, 5.74) is 4.97. The van der Waals surface area contributed by atoms with Crippen LogP contribution in [0.2, 0.25) is 0 Å². The number of para-hydroxylation sites is 1. The number of benzene rings is 3. The second-order valence-electron chi connectivity index (χ2n) is 8.09. The Morgan fingerprint density at radius 1 is 0.971 bits per heavy atom. The van der Waals surface area contributed by atoms with Gasteiger partial charge in [0.15, 0.2) is 0 Å². The molecule has 2 atom stereocenters. The van der Waals surface area contributed by atoms with Crippen molar-refractivity contribution in [2.24, 2.45) is 0 Å². The first-order valence-electron chi connectivity index (χ1n) is 11.0. The van der Waals surface area contributed by atoms with Crippen molar-refractivity contribution in [1.82, 2.24) is 10.3 Å². The Labute approximate surface area is 201 Å². The van der Waals surface area contributed by atoms with Crippen LogP contribution in [0.4, 0.5) is 0 Å². The third kappa shape index (κ3) is 5.38. The molecule has 0 spiro atoms. The maximum Gasteiger partial charge on any atom is 0.224 e. The van der Waals surface area contributed by atoms with Crippen molar-refractivity contribution < 1.29 is 9.00 Å². The second-order valence-corrected chi connectivity index (χ2v) is 9.52. The molecule has 0 aliphatic carbocycles. The molecule has 6 heteroatoms. The maximum absolute atomic E-state index is 13.3. The minimum absolute atomic E-state index is 0.101. The summed E-state index contributed by atoms with van der Waals surface area (Å²) in [6.07, 6.45) is 1.93.